The highest BCUT2D eigenvalue weighted by molar-refractivity contribution is 4.81. The monoisotopic (exact) mass is 164 g/mol. The van der Waals surface area contributed by atoms with E-state index in [9.17, 15) is 0 Å². The average Bonchev–Trinajstić information content (AvgIpc) is 2.01. The predicted molar refractivity (Wildman–Crippen MR) is 34.8 cm³/mol. The topological polar surface area (TPSA) is 79.2 Å². The summed E-state index contributed by atoms with van der Waals surface area (Å²) in [5, 5.41) is 27.2. The molecule has 1 saturated heterocycles. The third-order valence-electron chi connectivity index (χ3n) is 1.69. The minimum Gasteiger partial charge on any atom is -0.388 e. The van der Waals surface area contributed by atoms with Crippen LogP contribution >= 0.6 is 0 Å². The number of hydrogen-bond acceptors (Lipinski definition) is 5. The predicted octanol–water partition coefficient (Wildman–Crippen LogP) is -1.93. The Morgan fingerprint density at radius 1 is 1.27 bits per heavy atom. The molecule has 1 fully saturated rings. The molecule has 0 saturated carbocycles. The van der Waals surface area contributed by atoms with Crippen molar-refractivity contribution >= 4 is 0 Å². The van der Waals surface area contributed by atoms with E-state index in [1.165, 1.54) is 7.11 Å². The van der Waals surface area contributed by atoms with E-state index in [1.807, 2.05) is 0 Å². The van der Waals surface area contributed by atoms with Gasteiger partial charge in [0, 0.05) is 7.11 Å². The van der Waals surface area contributed by atoms with Crippen LogP contribution < -0.4 is 0 Å². The van der Waals surface area contributed by atoms with Gasteiger partial charge in [-0.25, -0.2) is 0 Å². The van der Waals surface area contributed by atoms with Crippen LogP contribution in [0.15, 0.2) is 0 Å². The summed E-state index contributed by atoms with van der Waals surface area (Å²) >= 11 is 0. The average molecular weight is 164 g/mol. The number of methoxy groups -OCH3 is 1. The van der Waals surface area contributed by atoms with Crippen LogP contribution in [0.2, 0.25) is 0 Å². The Bertz CT molecular complexity index is 126. The highest BCUT2D eigenvalue weighted by atomic mass is 16.7. The SMILES string of the molecule is CO[C@@H]1OC[C@@H](O)[C@H](O)[C@@H]1O. The van der Waals surface area contributed by atoms with E-state index in [1.54, 1.807) is 0 Å². The Morgan fingerprint density at radius 3 is 2.45 bits per heavy atom. The van der Waals surface area contributed by atoms with Gasteiger partial charge in [0.15, 0.2) is 6.29 Å². The van der Waals surface area contributed by atoms with Gasteiger partial charge in [0.2, 0.25) is 0 Å². The maximum absolute atomic E-state index is 9.15. The summed E-state index contributed by atoms with van der Waals surface area (Å²) in [6, 6.07) is 0. The first-order chi connectivity index (χ1) is 5.16. The molecule has 1 aliphatic rings. The molecule has 0 bridgehead atoms. The second-order valence-electron chi connectivity index (χ2n) is 2.49. The van der Waals surface area contributed by atoms with E-state index in [0.717, 1.165) is 0 Å². The van der Waals surface area contributed by atoms with Gasteiger partial charge in [-0.15, -0.1) is 0 Å². The lowest BCUT2D eigenvalue weighted by Crippen LogP contribution is -2.53. The summed E-state index contributed by atoms with van der Waals surface area (Å²) < 4.78 is 9.52. The molecule has 0 aliphatic carbocycles. The van der Waals surface area contributed by atoms with Crippen LogP contribution in [0.4, 0.5) is 0 Å². The standard InChI is InChI=1S/C6H12O5/c1-10-6-5(9)4(8)3(7)2-11-6/h3-9H,2H2,1H3/t3-,4+,5+,6-/m1/s1. The van der Waals surface area contributed by atoms with Crippen molar-refractivity contribution in [3.05, 3.63) is 0 Å². The fourth-order valence-electron chi connectivity index (χ4n) is 0.987. The smallest absolute Gasteiger partial charge is 0.185 e. The van der Waals surface area contributed by atoms with Gasteiger partial charge in [-0.3, -0.25) is 0 Å². The second kappa shape index (κ2) is 3.46. The fraction of sp³-hybridized carbons (Fsp3) is 1.00. The van der Waals surface area contributed by atoms with Gasteiger partial charge >= 0.3 is 0 Å². The summed E-state index contributed by atoms with van der Waals surface area (Å²) in [6.45, 7) is -0.0171. The molecule has 0 radical (unpaired) electrons. The van der Waals surface area contributed by atoms with E-state index in [0.29, 0.717) is 0 Å². The van der Waals surface area contributed by atoms with Crippen LogP contribution in [0.25, 0.3) is 0 Å². The number of rotatable bonds is 1. The van der Waals surface area contributed by atoms with Crippen molar-refractivity contribution in [2.75, 3.05) is 13.7 Å². The fourth-order valence-corrected chi connectivity index (χ4v) is 0.987. The van der Waals surface area contributed by atoms with Gasteiger partial charge in [-0.05, 0) is 0 Å². The molecule has 0 aromatic carbocycles. The van der Waals surface area contributed by atoms with Gasteiger partial charge < -0.3 is 24.8 Å². The molecule has 1 heterocycles. The molecule has 5 heteroatoms. The molecule has 0 amide bonds. The third-order valence-corrected chi connectivity index (χ3v) is 1.69. The van der Waals surface area contributed by atoms with Crippen molar-refractivity contribution in [1.29, 1.82) is 0 Å². The molecule has 5 nitrogen and oxygen atoms in total. The van der Waals surface area contributed by atoms with Crippen LogP contribution in [-0.4, -0.2) is 53.6 Å². The Kier molecular flexibility index (Phi) is 2.80. The van der Waals surface area contributed by atoms with Crippen LogP contribution in [0.1, 0.15) is 0 Å². The van der Waals surface area contributed by atoms with E-state index in [-0.39, 0.29) is 6.61 Å². The first kappa shape index (κ1) is 8.89. The first-order valence-corrected chi connectivity index (χ1v) is 3.35. The van der Waals surface area contributed by atoms with Gasteiger partial charge in [0.25, 0.3) is 0 Å². The number of hydrogen-bond donors (Lipinski definition) is 3. The van der Waals surface area contributed by atoms with Crippen molar-refractivity contribution in [2.45, 2.75) is 24.6 Å². The van der Waals surface area contributed by atoms with Gasteiger partial charge in [0.05, 0.1) is 6.61 Å². The zero-order valence-electron chi connectivity index (χ0n) is 6.17. The molecular weight excluding hydrogens is 152 g/mol. The van der Waals surface area contributed by atoms with E-state index < -0.39 is 24.6 Å². The molecule has 0 aromatic rings. The normalized spacial score (nSPS) is 45.8. The Balaban J connectivity index is 2.52. The maximum Gasteiger partial charge on any atom is 0.185 e. The summed E-state index contributed by atoms with van der Waals surface area (Å²) in [6.07, 6.45) is -4.23. The summed E-state index contributed by atoms with van der Waals surface area (Å²) in [4.78, 5) is 0. The lowest BCUT2D eigenvalue weighted by atomic mass is 10.1. The molecule has 1 rings (SSSR count). The molecule has 66 valence electrons. The third kappa shape index (κ3) is 1.69. The van der Waals surface area contributed by atoms with Gasteiger partial charge in [-0.2, -0.15) is 0 Å². The Morgan fingerprint density at radius 2 is 1.91 bits per heavy atom. The first-order valence-electron chi connectivity index (χ1n) is 3.35. The molecule has 3 N–H and O–H groups in total. The number of aliphatic hydroxyl groups is 3. The minimum atomic E-state index is -1.19. The molecule has 0 spiro atoms. The lowest BCUT2D eigenvalue weighted by Gasteiger charge is -2.33. The zero-order valence-corrected chi connectivity index (χ0v) is 6.17. The highest BCUT2D eigenvalue weighted by Crippen LogP contribution is 2.15. The number of ether oxygens (including phenoxy) is 2. The van der Waals surface area contributed by atoms with Crippen LogP contribution in [-0.2, 0) is 9.47 Å². The number of aliphatic hydroxyl groups excluding tert-OH is 3. The maximum atomic E-state index is 9.15. The van der Waals surface area contributed by atoms with Gasteiger partial charge in [0.1, 0.15) is 18.3 Å². The van der Waals surface area contributed by atoms with Crippen molar-refractivity contribution in [3.8, 4) is 0 Å². The molecule has 0 unspecified atom stereocenters. The molecule has 1 aliphatic heterocycles. The van der Waals surface area contributed by atoms with Crippen LogP contribution in [0, 0.1) is 0 Å². The molecular formula is C6H12O5. The van der Waals surface area contributed by atoms with Gasteiger partial charge in [-0.1, -0.05) is 0 Å². The van der Waals surface area contributed by atoms with Crippen LogP contribution in [0.3, 0.4) is 0 Å². The minimum absolute atomic E-state index is 0.0171. The van der Waals surface area contributed by atoms with Crippen molar-refractivity contribution < 1.29 is 24.8 Å². The van der Waals surface area contributed by atoms with Crippen LogP contribution in [0.5, 0.6) is 0 Å². The van der Waals surface area contributed by atoms with Crippen molar-refractivity contribution in [2.24, 2.45) is 0 Å². The summed E-state index contributed by atoms with van der Waals surface area (Å²) in [7, 11) is 1.36. The quantitative estimate of drug-likeness (QED) is 0.420. The van der Waals surface area contributed by atoms with Crippen molar-refractivity contribution in [3.63, 3.8) is 0 Å². The van der Waals surface area contributed by atoms with Crippen molar-refractivity contribution in [1.82, 2.24) is 0 Å². The zero-order chi connectivity index (χ0) is 8.43. The molecule has 4 atom stereocenters. The summed E-state index contributed by atoms with van der Waals surface area (Å²) in [5.41, 5.74) is 0. The highest BCUT2D eigenvalue weighted by Gasteiger charge is 2.37. The Labute approximate surface area is 64.2 Å². The lowest BCUT2D eigenvalue weighted by molar-refractivity contribution is -0.261. The second-order valence-corrected chi connectivity index (χ2v) is 2.49. The Hall–Kier alpha value is -0.200. The molecule has 0 aromatic heterocycles. The van der Waals surface area contributed by atoms with E-state index >= 15 is 0 Å². The van der Waals surface area contributed by atoms with E-state index in [4.69, 9.17) is 20.1 Å². The largest absolute Gasteiger partial charge is 0.388 e. The summed E-state index contributed by atoms with van der Waals surface area (Å²) in [5.74, 6) is 0. The van der Waals surface area contributed by atoms with E-state index in [2.05, 4.69) is 4.74 Å². The molecule has 11 heavy (non-hydrogen) atoms.